The van der Waals surface area contributed by atoms with Gasteiger partial charge in [-0.1, -0.05) is 29.8 Å². The van der Waals surface area contributed by atoms with Gasteiger partial charge in [-0.25, -0.2) is 4.68 Å². The Labute approximate surface area is 169 Å². The number of benzene rings is 1. The van der Waals surface area contributed by atoms with Crippen molar-refractivity contribution < 1.29 is 4.79 Å². The molecule has 1 amide bonds. The lowest BCUT2D eigenvalue weighted by Crippen LogP contribution is -2.19. The first-order chi connectivity index (χ1) is 13.9. The van der Waals surface area contributed by atoms with E-state index >= 15 is 0 Å². The van der Waals surface area contributed by atoms with E-state index in [0.29, 0.717) is 30.0 Å². The summed E-state index contributed by atoms with van der Waals surface area (Å²) < 4.78 is 1.75. The van der Waals surface area contributed by atoms with E-state index in [4.69, 9.17) is 0 Å². The van der Waals surface area contributed by atoms with Gasteiger partial charge in [0.25, 0.3) is 5.56 Å². The maximum Gasteiger partial charge on any atom is 0.266 e. The second-order valence-corrected chi connectivity index (χ2v) is 7.08. The van der Waals surface area contributed by atoms with Crippen molar-refractivity contribution in [3.63, 3.8) is 0 Å². The molecule has 7 nitrogen and oxygen atoms in total. The number of aryl methyl sites for hydroxylation is 2. The van der Waals surface area contributed by atoms with Crippen LogP contribution in [0, 0.1) is 32.1 Å². The molecule has 0 saturated heterocycles. The zero-order valence-corrected chi connectivity index (χ0v) is 16.7. The summed E-state index contributed by atoms with van der Waals surface area (Å²) in [5, 5.41) is 16.4. The van der Waals surface area contributed by atoms with Crippen molar-refractivity contribution >= 4 is 11.7 Å². The van der Waals surface area contributed by atoms with Crippen molar-refractivity contribution in [2.75, 3.05) is 5.32 Å². The third-order valence-corrected chi connectivity index (χ3v) is 4.92. The van der Waals surface area contributed by atoms with Crippen molar-refractivity contribution in [1.29, 1.82) is 5.26 Å². The number of nitrogens with one attached hydrogen (secondary N) is 2. The number of anilines is 1. The van der Waals surface area contributed by atoms with Crippen molar-refractivity contribution in [2.45, 2.75) is 40.2 Å². The number of hydrogen-bond donors (Lipinski definition) is 2. The number of aromatic amines is 1. The lowest BCUT2D eigenvalue weighted by atomic mass is 9.99. The molecule has 3 aromatic rings. The van der Waals surface area contributed by atoms with Crippen LogP contribution in [0.25, 0.3) is 0 Å². The summed E-state index contributed by atoms with van der Waals surface area (Å²) in [4.78, 5) is 27.0. The SMILES string of the molecule is Cc1cccc(Cn2nccc2NC(=O)CCc2c(C)[nH]c(=O)c(C#N)c2C)c1. The zero-order chi connectivity index (χ0) is 21.0. The Kier molecular flexibility index (Phi) is 5.93. The first kappa shape index (κ1) is 20.1. The summed E-state index contributed by atoms with van der Waals surface area (Å²) in [6.07, 6.45) is 2.32. The highest BCUT2D eigenvalue weighted by molar-refractivity contribution is 5.90. The number of amides is 1. The van der Waals surface area contributed by atoms with Gasteiger partial charge in [-0.2, -0.15) is 10.4 Å². The molecule has 29 heavy (non-hydrogen) atoms. The van der Waals surface area contributed by atoms with Gasteiger partial charge in [0.05, 0.1) is 12.7 Å². The highest BCUT2D eigenvalue weighted by Crippen LogP contribution is 2.16. The van der Waals surface area contributed by atoms with Gasteiger partial charge in [0.15, 0.2) is 0 Å². The molecule has 1 aromatic carbocycles. The Hall–Kier alpha value is -3.66. The maximum absolute atomic E-state index is 12.5. The number of carbonyl (C=O) groups is 1. The largest absolute Gasteiger partial charge is 0.325 e. The van der Waals surface area contributed by atoms with E-state index in [0.717, 1.165) is 11.1 Å². The van der Waals surface area contributed by atoms with Crippen LogP contribution in [-0.4, -0.2) is 20.7 Å². The Morgan fingerprint density at radius 3 is 2.79 bits per heavy atom. The van der Waals surface area contributed by atoms with Crippen LogP contribution in [0.1, 0.15) is 39.9 Å². The van der Waals surface area contributed by atoms with Crippen LogP contribution in [0.2, 0.25) is 0 Å². The predicted octanol–water partition coefficient (Wildman–Crippen LogP) is 2.99. The van der Waals surface area contributed by atoms with Gasteiger partial charge in [-0.3, -0.25) is 9.59 Å². The molecule has 0 bridgehead atoms. The average Bonchev–Trinajstić information content (AvgIpc) is 3.08. The maximum atomic E-state index is 12.5. The summed E-state index contributed by atoms with van der Waals surface area (Å²) in [6.45, 7) is 6.12. The summed E-state index contributed by atoms with van der Waals surface area (Å²) in [5.41, 5.74) is 4.12. The van der Waals surface area contributed by atoms with Crippen LogP contribution < -0.4 is 10.9 Å². The minimum atomic E-state index is -0.393. The predicted molar refractivity (Wildman–Crippen MR) is 111 cm³/mol. The molecule has 2 aromatic heterocycles. The fourth-order valence-electron chi connectivity index (χ4n) is 3.41. The van der Waals surface area contributed by atoms with E-state index in [1.54, 1.807) is 30.8 Å². The molecule has 0 aliphatic rings. The van der Waals surface area contributed by atoms with Gasteiger partial charge >= 0.3 is 0 Å². The highest BCUT2D eigenvalue weighted by atomic mass is 16.1. The van der Waals surface area contributed by atoms with Crippen LogP contribution in [0.15, 0.2) is 41.3 Å². The van der Waals surface area contributed by atoms with Crippen LogP contribution >= 0.6 is 0 Å². The molecule has 0 radical (unpaired) electrons. The van der Waals surface area contributed by atoms with Crippen LogP contribution in [0.4, 0.5) is 5.82 Å². The molecule has 0 aliphatic carbocycles. The quantitative estimate of drug-likeness (QED) is 0.676. The van der Waals surface area contributed by atoms with Crippen molar-refractivity contribution in [1.82, 2.24) is 14.8 Å². The van der Waals surface area contributed by atoms with Crippen LogP contribution in [0.3, 0.4) is 0 Å². The highest BCUT2D eigenvalue weighted by Gasteiger charge is 2.14. The Bertz CT molecular complexity index is 1150. The number of carbonyl (C=O) groups excluding carboxylic acids is 1. The molecule has 0 saturated carbocycles. The molecular formula is C22H23N5O2. The Balaban J connectivity index is 1.68. The number of pyridine rings is 1. The summed E-state index contributed by atoms with van der Waals surface area (Å²) in [5.74, 6) is 0.476. The molecule has 2 N–H and O–H groups in total. The molecular weight excluding hydrogens is 366 g/mol. The van der Waals surface area contributed by atoms with Gasteiger partial charge in [0, 0.05) is 18.2 Å². The number of rotatable bonds is 6. The molecule has 0 spiro atoms. The summed E-state index contributed by atoms with van der Waals surface area (Å²) in [7, 11) is 0. The first-order valence-electron chi connectivity index (χ1n) is 9.38. The third kappa shape index (κ3) is 4.61. The smallest absolute Gasteiger partial charge is 0.266 e. The van der Waals surface area contributed by atoms with E-state index in [1.807, 2.05) is 31.2 Å². The molecule has 7 heteroatoms. The van der Waals surface area contributed by atoms with Gasteiger partial charge in [0.2, 0.25) is 5.91 Å². The zero-order valence-electron chi connectivity index (χ0n) is 16.7. The van der Waals surface area contributed by atoms with Gasteiger partial charge in [0.1, 0.15) is 17.5 Å². The van der Waals surface area contributed by atoms with E-state index < -0.39 is 5.56 Å². The number of H-pyrrole nitrogens is 1. The van der Waals surface area contributed by atoms with Gasteiger partial charge in [-0.05, 0) is 43.9 Å². The number of nitrogens with zero attached hydrogens (tertiary/aromatic N) is 3. The minimum absolute atomic E-state index is 0.0993. The topological polar surface area (TPSA) is 104 Å². The van der Waals surface area contributed by atoms with E-state index in [1.165, 1.54) is 5.56 Å². The number of hydrogen-bond acceptors (Lipinski definition) is 4. The summed E-state index contributed by atoms with van der Waals surface area (Å²) in [6, 6.07) is 11.8. The molecule has 148 valence electrons. The monoisotopic (exact) mass is 389 g/mol. The van der Waals surface area contributed by atoms with E-state index in [-0.39, 0.29) is 17.9 Å². The molecule has 0 unspecified atom stereocenters. The van der Waals surface area contributed by atoms with Crippen molar-refractivity contribution in [3.8, 4) is 6.07 Å². The standard InChI is InChI=1S/C22H23N5O2/c1-14-5-4-6-17(11-14)13-27-20(9-10-24-27)26-21(28)8-7-18-15(2)19(12-23)22(29)25-16(18)3/h4-6,9-11H,7-8,13H2,1-3H3,(H,25,29)(H,26,28). The molecule has 3 rings (SSSR count). The lowest BCUT2D eigenvalue weighted by molar-refractivity contribution is -0.116. The van der Waals surface area contributed by atoms with Crippen molar-refractivity contribution in [3.05, 3.63) is 80.4 Å². The number of aromatic nitrogens is 3. The summed E-state index contributed by atoms with van der Waals surface area (Å²) >= 11 is 0. The average molecular weight is 389 g/mol. The number of nitriles is 1. The van der Waals surface area contributed by atoms with E-state index in [2.05, 4.69) is 21.5 Å². The second kappa shape index (κ2) is 8.57. The molecule has 0 atom stereocenters. The Morgan fingerprint density at radius 1 is 1.28 bits per heavy atom. The normalized spacial score (nSPS) is 10.6. The molecule has 0 aliphatic heterocycles. The van der Waals surface area contributed by atoms with Gasteiger partial charge in [-0.15, -0.1) is 0 Å². The van der Waals surface area contributed by atoms with Crippen molar-refractivity contribution in [2.24, 2.45) is 0 Å². The van der Waals surface area contributed by atoms with Crippen LogP contribution in [0.5, 0.6) is 0 Å². The fourth-order valence-corrected chi connectivity index (χ4v) is 3.41. The van der Waals surface area contributed by atoms with Crippen LogP contribution in [-0.2, 0) is 17.8 Å². The lowest BCUT2D eigenvalue weighted by Gasteiger charge is -2.12. The third-order valence-electron chi connectivity index (χ3n) is 4.92. The fraction of sp³-hybridized carbons (Fsp3) is 0.273. The minimum Gasteiger partial charge on any atom is -0.325 e. The van der Waals surface area contributed by atoms with Gasteiger partial charge < -0.3 is 10.3 Å². The molecule has 2 heterocycles. The molecule has 0 fully saturated rings. The first-order valence-corrected chi connectivity index (χ1v) is 9.38. The Morgan fingerprint density at radius 2 is 2.07 bits per heavy atom. The second-order valence-electron chi connectivity index (χ2n) is 7.08. The van der Waals surface area contributed by atoms with E-state index in [9.17, 15) is 14.9 Å².